The van der Waals surface area contributed by atoms with Crippen LogP contribution in [-0.4, -0.2) is 85.1 Å². The predicted molar refractivity (Wildman–Crippen MR) is 29.2 cm³/mol. The number of hydrogen-bond donors (Lipinski definition) is 2. The van der Waals surface area contributed by atoms with Gasteiger partial charge in [-0.3, -0.25) is 9.11 Å². The standard InChI is InChI=1S/Al.K.H2O4S.O.2H/c;;1-5(2,3)4;;;/h;;(H2,1,2,3,4);;;. The van der Waals surface area contributed by atoms with Crippen LogP contribution in [0.4, 0.5) is 0 Å². The third-order valence-corrected chi connectivity index (χ3v) is 0. The molecule has 0 saturated carbocycles. The molecule has 0 aliphatic carbocycles. The van der Waals surface area contributed by atoms with Crippen LogP contribution in [-0.2, 0) is 14.2 Å². The first kappa shape index (κ1) is 16.4. The van der Waals surface area contributed by atoms with Crippen molar-refractivity contribution in [2.75, 3.05) is 0 Å². The molecule has 0 radical (unpaired) electrons. The molecule has 0 aromatic rings. The molecule has 0 aliphatic heterocycles. The van der Waals surface area contributed by atoms with E-state index in [1.54, 1.807) is 0 Å². The van der Waals surface area contributed by atoms with E-state index in [2.05, 4.69) is 0 Å². The van der Waals surface area contributed by atoms with Crippen LogP contribution in [0.1, 0.15) is 0 Å². The van der Waals surface area contributed by atoms with E-state index in [0.717, 1.165) is 0 Å². The van der Waals surface area contributed by atoms with E-state index in [1.165, 1.54) is 0 Å². The Morgan fingerprint density at radius 1 is 1.12 bits per heavy atom. The van der Waals surface area contributed by atoms with E-state index in [1.807, 2.05) is 0 Å². The Morgan fingerprint density at radius 2 is 1.12 bits per heavy atom. The van der Waals surface area contributed by atoms with Gasteiger partial charge in [0.25, 0.3) is 0 Å². The van der Waals surface area contributed by atoms with Crippen molar-refractivity contribution in [3.63, 3.8) is 0 Å². The van der Waals surface area contributed by atoms with Crippen LogP contribution in [0, 0.1) is 0 Å². The Kier molecular flexibility index (Phi) is 18.2. The quantitative estimate of drug-likeness (QED) is 0.332. The summed E-state index contributed by atoms with van der Waals surface area (Å²) in [7, 11) is -4.67. The molecule has 0 unspecified atom stereocenters. The van der Waals surface area contributed by atoms with Gasteiger partial charge in [-0.15, -0.1) is 0 Å². The van der Waals surface area contributed by atoms with Gasteiger partial charge in [-0.05, 0) is 0 Å². The molecule has 44 valence electrons. The zero-order chi connectivity index (χ0) is 6.50. The zero-order valence-electron chi connectivity index (χ0n) is 3.23. The Bertz CT molecular complexity index is 106. The van der Waals surface area contributed by atoms with Gasteiger partial charge in [-0.1, -0.05) is 0 Å². The fourth-order valence-electron chi connectivity index (χ4n) is 0. The summed E-state index contributed by atoms with van der Waals surface area (Å²) in [6.45, 7) is 0. The van der Waals surface area contributed by atoms with Crippen LogP contribution >= 0.6 is 0 Å². The van der Waals surface area contributed by atoms with Gasteiger partial charge in [-0.25, -0.2) is 0 Å². The molecule has 0 saturated heterocycles. The fraction of sp³-hybridized carbons (Fsp3) is 0. The van der Waals surface area contributed by atoms with Gasteiger partial charge in [0.15, 0.2) is 0 Å². The first-order valence-corrected chi connectivity index (χ1v) is 2.96. The van der Waals surface area contributed by atoms with Crippen molar-refractivity contribution in [2.24, 2.45) is 0 Å². The average molecular weight is 182 g/mol. The summed E-state index contributed by atoms with van der Waals surface area (Å²) in [5.74, 6) is 0. The molecular weight excluding hydrogens is 178 g/mol. The van der Waals surface area contributed by atoms with Crippen LogP contribution in [0.15, 0.2) is 0 Å². The van der Waals surface area contributed by atoms with E-state index in [9.17, 15) is 0 Å². The molecule has 8 heavy (non-hydrogen) atoms. The van der Waals surface area contributed by atoms with Gasteiger partial charge in [0.2, 0.25) is 0 Å². The first-order chi connectivity index (χ1) is 3.00. The third-order valence-electron chi connectivity index (χ3n) is 0. The SMILES string of the molecule is O=S(=O)(O)O.[KH].[O]=[AlH]. The average Bonchev–Trinajstić information content (AvgIpc) is 1.36. The van der Waals surface area contributed by atoms with Crippen molar-refractivity contribution < 1.29 is 21.3 Å². The Balaban J connectivity index is -0.0000000750. The van der Waals surface area contributed by atoms with Gasteiger partial charge in [-0.2, -0.15) is 8.42 Å². The molecule has 0 aromatic carbocycles. The van der Waals surface area contributed by atoms with Crippen molar-refractivity contribution in [3.05, 3.63) is 0 Å². The van der Waals surface area contributed by atoms with Gasteiger partial charge < -0.3 is 0 Å². The molecule has 0 atom stereocenters. The molecular formula is H4AlKO5S. The maximum absolute atomic E-state index is 8.74. The van der Waals surface area contributed by atoms with Crippen LogP contribution in [0.3, 0.4) is 0 Å². The fourth-order valence-corrected chi connectivity index (χ4v) is 0. The van der Waals surface area contributed by atoms with Crippen molar-refractivity contribution in [1.82, 2.24) is 0 Å². The van der Waals surface area contributed by atoms with E-state index in [-0.39, 0.29) is 51.4 Å². The van der Waals surface area contributed by atoms with Crippen molar-refractivity contribution in [1.29, 1.82) is 0 Å². The zero-order valence-corrected chi connectivity index (χ0v) is 5.47. The van der Waals surface area contributed by atoms with Gasteiger partial charge >= 0.3 is 81.8 Å². The summed E-state index contributed by atoms with van der Waals surface area (Å²) in [4.78, 5) is 0. The van der Waals surface area contributed by atoms with E-state index >= 15 is 0 Å². The molecule has 0 aromatic heterocycles. The molecule has 8 heteroatoms. The molecule has 2 N–H and O–H groups in total. The predicted octanol–water partition coefficient (Wildman–Crippen LogP) is -2.07. The van der Waals surface area contributed by atoms with Crippen molar-refractivity contribution in [2.45, 2.75) is 0 Å². The molecule has 0 spiro atoms. The molecule has 0 rings (SSSR count). The minimum absolute atomic E-state index is 0. The number of hydrogen-bond acceptors (Lipinski definition) is 3. The summed E-state index contributed by atoms with van der Waals surface area (Å²) < 4.78 is 39.9. The molecule has 0 amide bonds. The second-order valence-corrected chi connectivity index (χ2v) is 1.34. The monoisotopic (exact) mass is 182 g/mol. The second kappa shape index (κ2) is 8.84. The first-order valence-electron chi connectivity index (χ1n) is 0.987. The summed E-state index contributed by atoms with van der Waals surface area (Å²) in [5.41, 5.74) is 0. The van der Waals surface area contributed by atoms with Crippen molar-refractivity contribution >= 4 is 78.0 Å². The summed E-state index contributed by atoms with van der Waals surface area (Å²) in [6, 6.07) is 0. The van der Waals surface area contributed by atoms with Crippen LogP contribution < -0.4 is 0 Å². The second-order valence-electron chi connectivity index (χ2n) is 0.448. The van der Waals surface area contributed by atoms with Gasteiger partial charge in [0.05, 0.1) is 0 Å². The maximum atomic E-state index is 8.74. The van der Waals surface area contributed by atoms with E-state index < -0.39 is 10.4 Å². The van der Waals surface area contributed by atoms with Crippen LogP contribution in [0.2, 0.25) is 0 Å². The van der Waals surface area contributed by atoms with Crippen molar-refractivity contribution in [3.8, 4) is 0 Å². The normalized spacial score (nSPS) is 7.62. The Labute approximate surface area is 97.5 Å². The van der Waals surface area contributed by atoms with E-state index in [0.29, 0.717) is 16.2 Å². The minimum atomic E-state index is -4.67. The number of rotatable bonds is 0. The van der Waals surface area contributed by atoms with Crippen LogP contribution in [0.25, 0.3) is 0 Å². The molecule has 0 heterocycles. The van der Waals surface area contributed by atoms with Gasteiger partial charge in [0, 0.05) is 0 Å². The molecule has 5 nitrogen and oxygen atoms in total. The van der Waals surface area contributed by atoms with Crippen LogP contribution in [0.5, 0.6) is 0 Å². The molecule has 0 aliphatic rings. The third kappa shape index (κ3) is 108. The summed E-state index contributed by atoms with van der Waals surface area (Å²) in [5, 5.41) is 0. The Morgan fingerprint density at radius 3 is 1.12 bits per heavy atom. The van der Waals surface area contributed by atoms with E-state index in [4.69, 9.17) is 21.3 Å². The topological polar surface area (TPSA) is 91.7 Å². The molecule has 0 fully saturated rings. The Hall–Kier alpha value is 1.84. The van der Waals surface area contributed by atoms with Gasteiger partial charge in [0.1, 0.15) is 0 Å². The molecule has 0 bridgehead atoms. The summed E-state index contributed by atoms with van der Waals surface area (Å²) >= 11 is 0.611. The summed E-state index contributed by atoms with van der Waals surface area (Å²) in [6.07, 6.45) is 0.